The van der Waals surface area contributed by atoms with Gasteiger partial charge in [-0.1, -0.05) is 11.1 Å². The van der Waals surface area contributed by atoms with Gasteiger partial charge >= 0.3 is 29.6 Å². The molecule has 12 heavy (non-hydrogen) atoms. The van der Waals surface area contributed by atoms with E-state index in [1.165, 1.54) is 0 Å². The Morgan fingerprint density at radius 2 is 2.25 bits per heavy atom. The molecule has 1 aliphatic rings. The Hall–Kier alpha value is 1.07. The van der Waals surface area contributed by atoms with Crippen LogP contribution < -0.4 is 29.6 Å². The molecule has 1 aliphatic carbocycles. The molecule has 0 N–H and O–H groups in total. The smallest absolute Gasteiger partial charge is 0.772 e. The number of ether oxygens (including phenoxy) is 1. The predicted octanol–water partition coefficient (Wildman–Crippen LogP) is -2.32. The molecule has 0 heterocycles. The van der Waals surface area contributed by atoms with Crippen molar-refractivity contribution in [1.82, 2.24) is 0 Å². The molecule has 0 bridgehead atoms. The normalized spacial score (nSPS) is 21.2. The van der Waals surface area contributed by atoms with Gasteiger partial charge in [0.2, 0.25) is 0 Å². The van der Waals surface area contributed by atoms with Crippen molar-refractivity contribution < 1.29 is 43.1 Å². The number of hydrogen-bond acceptors (Lipinski definition) is 3. The summed E-state index contributed by atoms with van der Waals surface area (Å²) in [4.78, 5) is 0. The van der Waals surface area contributed by atoms with Crippen LogP contribution in [-0.4, -0.2) is 27.2 Å². The molecule has 0 saturated heterocycles. The maximum Gasteiger partial charge on any atom is 1.00 e. The third kappa shape index (κ3) is 4.94. The van der Waals surface area contributed by atoms with E-state index in [1.54, 1.807) is 0 Å². The molecule has 3 nitrogen and oxygen atoms in total. The molecule has 0 aliphatic heterocycles. The van der Waals surface area contributed by atoms with Gasteiger partial charge in [-0.05, 0) is 25.7 Å². The van der Waals surface area contributed by atoms with Crippen LogP contribution in [0.15, 0.2) is 0 Å². The van der Waals surface area contributed by atoms with Crippen molar-refractivity contribution in [1.29, 1.82) is 0 Å². The molecular weight excluding hydrogens is 187 g/mol. The van der Waals surface area contributed by atoms with Crippen molar-refractivity contribution in [2.24, 2.45) is 5.92 Å². The van der Waals surface area contributed by atoms with E-state index >= 15 is 0 Å². The summed E-state index contributed by atoms with van der Waals surface area (Å²) in [7, 11) is 0. The van der Waals surface area contributed by atoms with Crippen molar-refractivity contribution in [3.63, 3.8) is 0 Å². The SMILES string of the molecule is CCOC(CS(=O)[O-])C1CC1.[Na+]. The Balaban J connectivity index is 0.00000121. The molecule has 66 valence electrons. The molecule has 1 rings (SSSR count). The van der Waals surface area contributed by atoms with Crippen molar-refractivity contribution in [3.8, 4) is 0 Å². The van der Waals surface area contributed by atoms with E-state index in [0.29, 0.717) is 12.5 Å². The van der Waals surface area contributed by atoms with E-state index in [2.05, 4.69) is 0 Å². The zero-order valence-electron chi connectivity index (χ0n) is 7.62. The first kappa shape index (κ1) is 13.1. The molecule has 5 heteroatoms. The van der Waals surface area contributed by atoms with Gasteiger partial charge in [-0.25, -0.2) is 0 Å². The topological polar surface area (TPSA) is 49.4 Å². The standard InChI is InChI=1S/C7H14O3S.Na/c1-2-10-7(5-11(8)9)6-3-4-6;/h6-7H,2-5H2,1H3,(H,8,9);/q;+1/p-1. The van der Waals surface area contributed by atoms with Crippen molar-refractivity contribution in [2.75, 3.05) is 12.4 Å². The fourth-order valence-electron chi connectivity index (χ4n) is 1.14. The maximum absolute atomic E-state index is 10.3. The Morgan fingerprint density at radius 1 is 1.67 bits per heavy atom. The largest absolute Gasteiger partial charge is 1.00 e. The van der Waals surface area contributed by atoms with E-state index in [-0.39, 0.29) is 41.4 Å². The van der Waals surface area contributed by atoms with Gasteiger partial charge < -0.3 is 9.29 Å². The van der Waals surface area contributed by atoms with E-state index in [1.807, 2.05) is 6.92 Å². The van der Waals surface area contributed by atoms with Crippen LogP contribution in [0.3, 0.4) is 0 Å². The van der Waals surface area contributed by atoms with Crippen molar-refractivity contribution in [2.45, 2.75) is 25.9 Å². The van der Waals surface area contributed by atoms with Gasteiger partial charge in [0.15, 0.2) is 0 Å². The summed E-state index contributed by atoms with van der Waals surface area (Å²) in [6, 6.07) is 0. The second-order valence-electron chi connectivity index (χ2n) is 2.80. The van der Waals surface area contributed by atoms with Crippen LogP contribution in [0.2, 0.25) is 0 Å². The first-order valence-corrected chi connectivity index (χ1v) is 5.16. The zero-order valence-corrected chi connectivity index (χ0v) is 10.4. The molecule has 0 amide bonds. The van der Waals surface area contributed by atoms with E-state index in [4.69, 9.17) is 4.74 Å². The molecule has 0 spiro atoms. The van der Waals surface area contributed by atoms with Gasteiger partial charge in [-0.15, -0.1) is 0 Å². The van der Waals surface area contributed by atoms with Crippen LogP contribution in [0.4, 0.5) is 0 Å². The predicted molar refractivity (Wildman–Crippen MR) is 41.9 cm³/mol. The van der Waals surface area contributed by atoms with Crippen LogP contribution in [-0.2, 0) is 15.8 Å². The fourth-order valence-corrected chi connectivity index (χ4v) is 1.77. The van der Waals surface area contributed by atoms with Gasteiger partial charge in [0.25, 0.3) is 0 Å². The first-order valence-electron chi connectivity index (χ1n) is 3.91. The molecule has 2 atom stereocenters. The third-order valence-electron chi connectivity index (χ3n) is 1.83. The molecule has 0 aromatic rings. The summed E-state index contributed by atoms with van der Waals surface area (Å²) < 4.78 is 26.0. The molecule has 1 fully saturated rings. The minimum atomic E-state index is -1.95. The average molecular weight is 200 g/mol. The van der Waals surface area contributed by atoms with Gasteiger partial charge in [-0.3, -0.25) is 4.21 Å². The van der Waals surface area contributed by atoms with Crippen LogP contribution in [0.5, 0.6) is 0 Å². The number of rotatable bonds is 5. The minimum absolute atomic E-state index is 0. The van der Waals surface area contributed by atoms with E-state index in [9.17, 15) is 8.76 Å². The maximum atomic E-state index is 10.3. The van der Waals surface area contributed by atoms with Crippen LogP contribution in [0, 0.1) is 5.92 Å². The summed E-state index contributed by atoms with van der Waals surface area (Å²) in [5.41, 5.74) is 0. The number of hydrogen-bond donors (Lipinski definition) is 0. The van der Waals surface area contributed by atoms with Crippen LogP contribution >= 0.6 is 0 Å². The Labute approximate surface area is 97.8 Å². The molecule has 0 aromatic heterocycles. The molecule has 1 saturated carbocycles. The van der Waals surface area contributed by atoms with Gasteiger partial charge in [-0.2, -0.15) is 0 Å². The molecule has 0 radical (unpaired) electrons. The van der Waals surface area contributed by atoms with E-state index < -0.39 is 11.1 Å². The quantitative estimate of drug-likeness (QED) is 0.370. The van der Waals surface area contributed by atoms with Crippen LogP contribution in [0.25, 0.3) is 0 Å². The van der Waals surface area contributed by atoms with Crippen molar-refractivity contribution >= 4 is 11.1 Å². The zero-order chi connectivity index (χ0) is 8.27. The summed E-state index contributed by atoms with van der Waals surface area (Å²) in [5.74, 6) is 0.672. The van der Waals surface area contributed by atoms with Crippen molar-refractivity contribution in [3.05, 3.63) is 0 Å². The Morgan fingerprint density at radius 3 is 2.58 bits per heavy atom. The average Bonchev–Trinajstić information content (AvgIpc) is 2.66. The first-order chi connectivity index (χ1) is 5.24. The molecule has 0 aromatic carbocycles. The van der Waals surface area contributed by atoms with Crippen LogP contribution in [0.1, 0.15) is 19.8 Å². The Kier molecular flexibility index (Phi) is 7.09. The monoisotopic (exact) mass is 200 g/mol. The van der Waals surface area contributed by atoms with E-state index in [0.717, 1.165) is 12.8 Å². The van der Waals surface area contributed by atoms with Gasteiger partial charge in [0.1, 0.15) is 0 Å². The summed E-state index contributed by atoms with van der Waals surface area (Å²) >= 11 is -1.95. The Bertz CT molecular complexity index is 150. The summed E-state index contributed by atoms with van der Waals surface area (Å²) in [6.07, 6.45) is 2.21. The molecular formula is C7H13NaO3S. The third-order valence-corrected chi connectivity index (χ3v) is 2.43. The van der Waals surface area contributed by atoms with Gasteiger partial charge in [0.05, 0.1) is 6.10 Å². The fraction of sp³-hybridized carbons (Fsp3) is 1.00. The molecule has 2 unspecified atom stereocenters. The second-order valence-corrected chi connectivity index (χ2v) is 3.74. The minimum Gasteiger partial charge on any atom is -0.772 e. The summed E-state index contributed by atoms with van der Waals surface area (Å²) in [5, 5.41) is 0. The second kappa shape index (κ2) is 6.51. The summed E-state index contributed by atoms with van der Waals surface area (Å²) in [6.45, 7) is 2.50. The van der Waals surface area contributed by atoms with Gasteiger partial charge in [0, 0.05) is 12.4 Å².